The number of carbonyl (C=O) groups is 2. The van der Waals surface area contributed by atoms with Gasteiger partial charge < -0.3 is 39.3 Å². The first-order valence-corrected chi connectivity index (χ1v) is 16.1. The Morgan fingerprint density at radius 1 is 1.04 bits per heavy atom. The number of benzene rings is 3. The first-order chi connectivity index (χ1) is 22.4. The van der Waals surface area contributed by atoms with Crippen molar-refractivity contribution in [2.24, 2.45) is 0 Å². The number of nitrogens with one attached hydrogen (secondary N) is 2. The van der Waals surface area contributed by atoms with Crippen molar-refractivity contribution in [3.05, 3.63) is 106 Å². The van der Waals surface area contributed by atoms with Crippen LogP contribution in [0.3, 0.4) is 0 Å². The number of amides is 2. The SMILES string of the molecule is COc1cccc2cc(C(=O)N(CCc3cc4ccccc4[nH]3)C3CC(C(=O)NCCO)=CC(Oc4ccccc4I)C3O)oc12. The molecule has 1 aliphatic rings. The summed E-state index contributed by atoms with van der Waals surface area (Å²) in [6.07, 6.45) is -0.0136. The first-order valence-electron chi connectivity index (χ1n) is 15.0. The van der Waals surface area contributed by atoms with Crippen LogP contribution in [0.15, 0.2) is 94.9 Å². The number of aliphatic hydroxyl groups excluding tert-OH is 2. The van der Waals surface area contributed by atoms with E-state index in [1.165, 1.54) is 7.11 Å². The van der Waals surface area contributed by atoms with E-state index in [2.05, 4.69) is 32.9 Å². The molecule has 5 aromatic rings. The fourth-order valence-electron chi connectivity index (χ4n) is 5.84. The maximum atomic E-state index is 14.4. The molecule has 0 saturated heterocycles. The number of nitrogens with zero attached hydrogens (tertiary/aromatic N) is 1. The number of H-pyrrole nitrogens is 1. The van der Waals surface area contributed by atoms with Crippen molar-refractivity contribution in [2.45, 2.75) is 31.1 Å². The van der Waals surface area contributed by atoms with Crippen LogP contribution in [0.4, 0.5) is 0 Å². The summed E-state index contributed by atoms with van der Waals surface area (Å²) in [7, 11) is 1.54. The largest absolute Gasteiger partial charge is 0.493 e. The number of hydrogen-bond acceptors (Lipinski definition) is 7. The lowest BCUT2D eigenvalue weighted by molar-refractivity contribution is -0.118. The van der Waals surface area contributed by atoms with E-state index in [9.17, 15) is 19.8 Å². The van der Waals surface area contributed by atoms with Crippen molar-refractivity contribution in [2.75, 3.05) is 26.8 Å². The molecule has 6 rings (SSSR count). The molecule has 3 atom stereocenters. The second kappa shape index (κ2) is 14.0. The summed E-state index contributed by atoms with van der Waals surface area (Å²) >= 11 is 2.15. The van der Waals surface area contributed by atoms with Crippen LogP contribution in [0.1, 0.15) is 22.7 Å². The Hall–Kier alpha value is -4.33. The molecule has 0 bridgehead atoms. The number of aromatic nitrogens is 1. The predicted octanol–water partition coefficient (Wildman–Crippen LogP) is 4.83. The molecule has 0 fully saturated rings. The quantitative estimate of drug-likeness (QED) is 0.143. The highest BCUT2D eigenvalue weighted by atomic mass is 127. The second-order valence-corrected chi connectivity index (χ2v) is 12.2. The Kier molecular flexibility index (Phi) is 9.61. The molecular weight excluding hydrogens is 701 g/mol. The topological polar surface area (TPSA) is 137 Å². The lowest BCUT2D eigenvalue weighted by Crippen LogP contribution is -2.55. The fourth-order valence-corrected chi connectivity index (χ4v) is 6.35. The molecule has 0 spiro atoms. The van der Waals surface area contributed by atoms with E-state index in [0.717, 1.165) is 20.2 Å². The van der Waals surface area contributed by atoms with Gasteiger partial charge in [0.1, 0.15) is 18.0 Å². The van der Waals surface area contributed by atoms with Crippen molar-refractivity contribution in [3.63, 3.8) is 0 Å². The molecule has 2 aromatic heterocycles. The second-order valence-electron chi connectivity index (χ2n) is 11.1. The van der Waals surface area contributed by atoms with Crippen molar-refractivity contribution in [3.8, 4) is 11.5 Å². The van der Waals surface area contributed by atoms with E-state index in [1.807, 2.05) is 60.7 Å². The standard InChI is InChI=1S/C35H34IN3O7/c1-44-29-12-6-8-22-19-31(46-33(22)29)35(43)39(15-13-24-17-21-7-2-4-10-26(21)38-24)27-18-23(34(42)37-14-16-40)20-30(32(27)41)45-28-11-5-3-9-25(28)36/h2-12,17,19-20,27,30,32,38,40-41H,13-16,18H2,1H3,(H,37,42). The molecule has 1 aliphatic carbocycles. The maximum absolute atomic E-state index is 14.4. The minimum Gasteiger partial charge on any atom is -0.493 e. The van der Waals surface area contributed by atoms with E-state index >= 15 is 0 Å². The summed E-state index contributed by atoms with van der Waals surface area (Å²) in [5, 5.41) is 25.6. The van der Waals surface area contributed by atoms with Gasteiger partial charge in [-0.05, 0) is 70.5 Å². The average Bonchev–Trinajstić information content (AvgIpc) is 3.70. The van der Waals surface area contributed by atoms with Gasteiger partial charge in [-0.3, -0.25) is 9.59 Å². The van der Waals surface area contributed by atoms with Gasteiger partial charge in [-0.15, -0.1) is 0 Å². The Morgan fingerprint density at radius 3 is 2.59 bits per heavy atom. The molecule has 4 N–H and O–H groups in total. The molecule has 3 aromatic carbocycles. The van der Waals surface area contributed by atoms with Crippen LogP contribution in [-0.2, 0) is 11.2 Å². The lowest BCUT2D eigenvalue weighted by atomic mass is 9.87. The van der Waals surface area contributed by atoms with Crippen LogP contribution in [0.2, 0.25) is 0 Å². The number of methoxy groups -OCH3 is 1. The highest BCUT2D eigenvalue weighted by Crippen LogP contribution is 2.33. The van der Waals surface area contributed by atoms with Crippen LogP contribution in [-0.4, -0.2) is 77.0 Å². The van der Waals surface area contributed by atoms with Crippen molar-refractivity contribution < 1.29 is 33.7 Å². The number of aliphatic hydroxyl groups is 2. The van der Waals surface area contributed by atoms with E-state index in [-0.39, 0.29) is 31.9 Å². The van der Waals surface area contributed by atoms with Crippen molar-refractivity contribution in [1.82, 2.24) is 15.2 Å². The molecule has 0 radical (unpaired) electrons. The van der Waals surface area contributed by atoms with Crippen molar-refractivity contribution >= 4 is 56.3 Å². The van der Waals surface area contributed by atoms with E-state index in [4.69, 9.17) is 13.9 Å². The third-order valence-corrected chi connectivity index (χ3v) is 9.01. The number of fused-ring (bicyclic) bond motifs is 2. The Morgan fingerprint density at radius 2 is 1.80 bits per heavy atom. The third-order valence-electron chi connectivity index (χ3n) is 8.12. The van der Waals surface area contributed by atoms with E-state index in [0.29, 0.717) is 34.5 Å². The number of hydrogen-bond donors (Lipinski definition) is 4. The monoisotopic (exact) mass is 735 g/mol. The molecule has 3 unspecified atom stereocenters. The molecule has 10 nitrogen and oxygen atoms in total. The Labute approximate surface area is 279 Å². The summed E-state index contributed by atoms with van der Waals surface area (Å²) in [5.41, 5.74) is 2.68. The molecule has 0 saturated carbocycles. The molecule has 2 heterocycles. The molecule has 11 heteroatoms. The van der Waals surface area contributed by atoms with Gasteiger partial charge in [-0.25, -0.2) is 0 Å². The molecule has 238 valence electrons. The highest BCUT2D eigenvalue weighted by Gasteiger charge is 2.41. The van der Waals surface area contributed by atoms with E-state index < -0.39 is 30.1 Å². The maximum Gasteiger partial charge on any atom is 0.289 e. The number of ether oxygens (including phenoxy) is 2. The summed E-state index contributed by atoms with van der Waals surface area (Å²) in [6, 6.07) is 23.6. The zero-order valence-corrected chi connectivity index (χ0v) is 27.3. The summed E-state index contributed by atoms with van der Waals surface area (Å²) < 4.78 is 18.6. The van der Waals surface area contributed by atoms with Crippen LogP contribution >= 0.6 is 22.6 Å². The van der Waals surface area contributed by atoms with E-state index in [1.54, 1.807) is 29.2 Å². The van der Waals surface area contributed by atoms with Gasteiger partial charge in [-0.2, -0.15) is 0 Å². The van der Waals surface area contributed by atoms with Gasteiger partial charge in [0.25, 0.3) is 5.91 Å². The smallest absolute Gasteiger partial charge is 0.289 e. The number of furan rings is 1. The predicted molar refractivity (Wildman–Crippen MR) is 182 cm³/mol. The van der Waals surface area contributed by atoms with Crippen molar-refractivity contribution in [1.29, 1.82) is 0 Å². The Bertz CT molecular complexity index is 1860. The zero-order valence-electron chi connectivity index (χ0n) is 25.1. The summed E-state index contributed by atoms with van der Waals surface area (Å²) in [5.74, 6) is 0.275. The van der Waals surface area contributed by atoms with Crippen LogP contribution in [0.5, 0.6) is 11.5 Å². The lowest BCUT2D eigenvalue weighted by Gasteiger charge is -2.40. The number of halogens is 1. The van der Waals surface area contributed by atoms with Gasteiger partial charge in [0.15, 0.2) is 17.1 Å². The third kappa shape index (κ3) is 6.62. The normalized spacial score (nSPS) is 17.9. The number of carbonyl (C=O) groups excluding carboxylic acids is 2. The summed E-state index contributed by atoms with van der Waals surface area (Å²) in [4.78, 5) is 32.6. The van der Waals surface area contributed by atoms with Gasteiger partial charge in [0.2, 0.25) is 5.91 Å². The minimum absolute atomic E-state index is 0.0617. The number of rotatable bonds is 11. The van der Waals surface area contributed by atoms with Crippen LogP contribution in [0, 0.1) is 3.57 Å². The van der Waals surface area contributed by atoms with Gasteiger partial charge in [-0.1, -0.05) is 42.5 Å². The zero-order chi connectivity index (χ0) is 32.2. The fraction of sp³-hybridized carbons (Fsp3) is 0.257. The molecule has 2 amide bonds. The molecule has 46 heavy (non-hydrogen) atoms. The number of aromatic amines is 1. The first kappa shape index (κ1) is 31.6. The average molecular weight is 736 g/mol. The molecular formula is C35H34IN3O7. The molecule has 0 aliphatic heterocycles. The van der Waals surface area contributed by atoms with Gasteiger partial charge in [0.05, 0.1) is 23.3 Å². The highest BCUT2D eigenvalue weighted by molar-refractivity contribution is 14.1. The number of para-hydroxylation sites is 3. The van der Waals surface area contributed by atoms with Crippen LogP contribution in [0.25, 0.3) is 21.9 Å². The minimum atomic E-state index is -1.18. The Balaban J connectivity index is 1.38. The van der Waals surface area contributed by atoms with Gasteiger partial charge in [0, 0.05) is 48.1 Å². The van der Waals surface area contributed by atoms with Crippen LogP contribution < -0.4 is 14.8 Å². The van der Waals surface area contributed by atoms with Gasteiger partial charge >= 0.3 is 0 Å². The summed E-state index contributed by atoms with van der Waals surface area (Å²) in [6.45, 7) is 0.0515.